The number of halogens is 1. The van der Waals surface area contributed by atoms with Crippen LogP contribution in [-0.2, 0) is 9.59 Å². The number of carbonyl (C=O) groups is 2. The molecule has 0 radical (unpaired) electrons. The molecule has 2 amide bonds. The van der Waals surface area contributed by atoms with Crippen LogP contribution in [0.5, 0.6) is 5.75 Å². The summed E-state index contributed by atoms with van der Waals surface area (Å²) in [5.74, 6) is 0.260. The van der Waals surface area contributed by atoms with E-state index in [1.165, 1.54) is 12.1 Å². The number of hydrogen-bond donors (Lipinski definition) is 1. The molecular weight excluding hydrogens is 311 g/mol. The number of piperidine rings is 1. The minimum Gasteiger partial charge on any atom is -0.494 e. The number of amides is 2. The van der Waals surface area contributed by atoms with Crippen molar-refractivity contribution in [3.05, 3.63) is 30.1 Å². The third-order valence-electron chi connectivity index (χ3n) is 4.13. The molecule has 0 spiro atoms. The van der Waals surface area contributed by atoms with Gasteiger partial charge in [-0.1, -0.05) is 6.92 Å². The van der Waals surface area contributed by atoms with Gasteiger partial charge in [0.15, 0.2) is 0 Å². The molecule has 0 aliphatic carbocycles. The third-order valence-corrected chi connectivity index (χ3v) is 4.13. The molecule has 1 fully saturated rings. The van der Waals surface area contributed by atoms with Gasteiger partial charge in [0.25, 0.3) is 0 Å². The molecule has 5 nitrogen and oxygen atoms in total. The van der Waals surface area contributed by atoms with Gasteiger partial charge in [0, 0.05) is 19.5 Å². The minimum atomic E-state index is -0.343. The van der Waals surface area contributed by atoms with Crippen LogP contribution in [0.15, 0.2) is 24.3 Å². The molecule has 1 aromatic carbocycles. The summed E-state index contributed by atoms with van der Waals surface area (Å²) < 4.78 is 18.3. The number of hydrogen-bond acceptors (Lipinski definition) is 3. The molecule has 1 saturated heterocycles. The first kappa shape index (κ1) is 18.2. The number of carbonyl (C=O) groups excluding carboxylic acids is 2. The van der Waals surface area contributed by atoms with Crippen molar-refractivity contribution in [3.8, 4) is 5.75 Å². The highest BCUT2D eigenvalue weighted by atomic mass is 19.1. The summed E-state index contributed by atoms with van der Waals surface area (Å²) >= 11 is 0. The van der Waals surface area contributed by atoms with E-state index in [1.807, 2.05) is 6.92 Å². The maximum atomic E-state index is 12.8. The average molecular weight is 336 g/mol. The van der Waals surface area contributed by atoms with E-state index in [2.05, 4.69) is 5.32 Å². The van der Waals surface area contributed by atoms with Gasteiger partial charge in [0.05, 0.1) is 6.61 Å². The first-order chi connectivity index (χ1) is 11.6. The Morgan fingerprint density at radius 1 is 1.29 bits per heavy atom. The van der Waals surface area contributed by atoms with Crippen LogP contribution in [0.4, 0.5) is 4.39 Å². The van der Waals surface area contributed by atoms with E-state index in [9.17, 15) is 14.0 Å². The number of nitrogens with zero attached hydrogens (tertiary/aromatic N) is 1. The quantitative estimate of drug-likeness (QED) is 0.778. The average Bonchev–Trinajstić information content (AvgIpc) is 2.62. The smallest absolute Gasteiger partial charge is 0.242 e. The van der Waals surface area contributed by atoms with Crippen molar-refractivity contribution in [3.63, 3.8) is 0 Å². The van der Waals surface area contributed by atoms with E-state index in [-0.39, 0.29) is 23.7 Å². The van der Waals surface area contributed by atoms with Crippen molar-refractivity contribution in [1.29, 1.82) is 0 Å². The van der Waals surface area contributed by atoms with Gasteiger partial charge in [0.2, 0.25) is 11.8 Å². The molecule has 1 aliphatic heterocycles. The summed E-state index contributed by atoms with van der Waals surface area (Å²) in [4.78, 5) is 26.0. The lowest BCUT2D eigenvalue weighted by Crippen LogP contribution is -2.52. The molecule has 1 aliphatic rings. The molecule has 1 atom stereocenters. The third kappa shape index (κ3) is 5.22. The van der Waals surface area contributed by atoms with Gasteiger partial charge in [-0.15, -0.1) is 0 Å². The predicted molar refractivity (Wildman–Crippen MR) is 89.2 cm³/mol. The van der Waals surface area contributed by atoms with Gasteiger partial charge >= 0.3 is 0 Å². The molecule has 2 rings (SSSR count). The zero-order chi connectivity index (χ0) is 17.4. The molecular formula is C18H25FN2O3. The lowest BCUT2D eigenvalue weighted by molar-refractivity contribution is -0.142. The first-order valence-electron chi connectivity index (χ1n) is 8.57. The fourth-order valence-corrected chi connectivity index (χ4v) is 2.83. The van der Waals surface area contributed by atoms with E-state index < -0.39 is 0 Å². The molecule has 0 unspecified atom stereocenters. The first-order valence-corrected chi connectivity index (χ1v) is 8.57. The number of ether oxygens (including phenoxy) is 1. The summed E-state index contributed by atoms with van der Waals surface area (Å²) in [6.45, 7) is 3.41. The Labute approximate surface area is 142 Å². The molecule has 24 heavy (non-hydrogen) atoms. The molecule has 0 bridgehead atoms. The van der Waals surface area contributed by atoms with Gasteiger partial charge in [0.1, 0.15) is 17.6 Å². The predicted octanol–water partition coefficient (Wildman–Crippen LogP) is 2.50. The zero-order valence-corrected chi connectivity index (χ0v) is 14.1. The van der Waals surface area contributed by atoms with Crippen LogP contribution in [0.3, 0.4) is 0 Å². The highest BCUT2D eigenvalue weighted by molar-refractivity contribution is 5.87. The van der Waals surface area contributed by atoms with Crippen molar-refractivity contribution in [2.45, 2.75) is 45.1 Å². The number of benzene rings is 1. The van der Waals surface area contributed by atoms with Crippen LogP contribution < -0.4 is 10.1 Å². The second-order valence-electron chi connectivity index (χ2n) is 5.90. The van der Waals surface area contributed by atoms with Gasteiger partial charge in [-0.25, -0.2) is 4.39 Å². The fraction of sp³-hybridized carbons (Fsp3) is 0.556. The Bertz CT molecular complexity index is 548. The number of rotatable bonds is 7. The number of likely N-dealkylation sites (tertiary alicyclic amines) is 1. The van der Waals surface area contributed by atoms with E-state index >= 15 is 0 Å². The second kappa shape index (κ2) is 9.25. The topological polar surface area (TPSA) is 58.6 Å². The van der Waals surface area contributed by atoms with Gasteiger partial charge in [-0.05, 0) is 49.9 Å². The number of nitrogens with one attached hydrogen (secondary N) is 1. The van der Waals surface area contributed by atoms with Crippen molar-refractivity contribution in [2.75, 3.05) is 19.7 Å². The monoisotopic (exact) mass is 336 g/mol. The maximum absolute atomic E-state index is 12.8. The van der Waals surface area contributed by atoms with Crippen LogP contribution in [0, 0.1) is 5.82 Å². The van der Waals surface area contributed by atoms with Crippen molar-refractivity contribution >= 4 is 11.8 Å². The SMILES string of the molecule is CCC(=O)N1CCCC[C@H]1C(=O)NCCCOc1ccc(F)cc1. The molecule has 0 aromatic heterocycles. The molecule has 6 heteroatoms. The maximum Gasteiger partial charge on any atom is 0.242 e. The summed E-state index contributed by atoms with van der Waals surface area (Å²) in [5, 5.41) is 2.88. The Kier molecular flexibility index (Phi) is 7.03. The fourth-order valence-electron chi connectivity index (χ4n) is 2.83. The van der Waals surface area contributed by atoms with Crippen LogP contribution >= 0.6 is 0 Å². The molecule has 132 valence electrons. The standard InChI is InChI=1S/C18H25FN2O3/c1-2-17(22)21-12-4-3-6-16(21)18(23)20-11-5-13-24-15-9-7-14(19)8-10-15/h7-10,16H,2-6,11-13H2,1H3,(H,20,23)/t16-/m0/s1. The Hall–Kier alpha value is -2.11. The van der Waals surface area contributed by atoms with Gasteiger partial charge in [-0.3, -0.25) is 9.59 Å². The van der Waals surface area contributed by atoms with E-state index in [4.69, 9.17) is 4.74 Å². The van der Waals surface area contributed by atoms with Gasteiger partial charge < -0.3 is 15.0 Å². The Morgan fingerprint density at radius 3 is 2.75 bits per heavy atom. The minimum absolute atomic E-state index is 0.0366. The molecule has 0 saturated carbocycles. The lowest BCUT2D eigenvalue weighted by Gasteiger charge is -2.34. The van der Waals surface area contributed by atoms with Gasteiger partial charge in [-0.2, -0.15) is 0 Å². The summed E-state index contributed by atoms with van der Waals surface area (Å²) in [7, 11) is 0. The largest absolute Gasteiger partial charge is 0.494 e. The van der Waals surface area contributed by atoms with Crippen LogP contribution in [0.2, 0.25) is 0 Å². The van der Waals surface area contributed by atoms with Crippen molar-refractivity contribution in [1.82, 2.24) is 10.2 Å². The summed E-state index contributed by atoms with van der Waals surface area (Å²) in [5.41, 5.74) is 0. The molecule has 1 N–H and O–H groups in total. The lowest BCUT2D eigenvalue weighted by atomic mass is 10.0. The summed E-state index contributed by atoms with van der Waals surface area (Å²) in [6, 6.07) is 5.50. The Morgan fingerprint density at radius 2 is 2.04 bits per heavy atom. The van der Waals surface area contributed by atoms with Crippen LogP contribution in [-0.4, -0.2) is 42.5 Å². The molecule has 1 heterocycles. The van der Waals surface area contributed by atoms with Crippen molar-refractivity contribution < 1.29 is 18.7 Å². The van der Waals surface area contributed by atoms with Crippen molar-refractivity contribution in [2.24, 2.45) is 0 Å². The van der Waals surface area contributed by atoms with E-state index in [0.29, 0.717) is 38.3 Å². The van der Waals surface area contributed by atoms with Crippen LogP contribution in [0.1, 0.15) is 39.0 Å². The zero-order valence-electron chi connectivity index (χ0n) is 14.1. The Balaban J connectivity index is 1.70. The van der Waals surface area contributed by atoms with E-state index in [0.717, 1.165) is 19.3 Å². The summed E-state index contributed by atoms with van der Waals surface area (Å²) in [6.07, 6.45) is 3.73. The second-order valence-corrected chi connectivity index (χ2v) is 5.90. The highest BCUT2D eigenvalue weighted by Crippen LogP contribution is 2.18. The van der Waals surface area contributed by atoms with Crippen LogP contribution in [0.25, 0.3) is 0 Å². The molecule has 1 aromatic rings. The highest BCUT2D eigenvalue weighted by Gasteiger charge is 2.30. The normalized spacial score (nSPS) is 17.4. The van der Waals surface area contributed by atoms with E-state index in [1.54, 1.807) is 17.0 Å².